The number of para-hydroxylation sites is 1. The summed E-state index contributed by atoms with van der Waals surface area (Å²) in [5.74, 6) is 0.516. The van der Waals surface area contributed by atoms with E-state index in [4.69, 9.17) is 4.74 Å². The second-order valence-corrected chi connectivity index (χ2v) is 6.43. The molecule has 0 fully saturated rings. The van der Waals surface area contributed by atoms with E-state index >= 15 is 0 Å². The topological polar surface area (TPSA) is 55.4 Å². The number of ether oxygens (including phenoxy) is 1. The molecule has 0 atom stereocenters. The summed E-state index contributed by atoms with van der Waals surface area (Å²) in [5, 5.41) is 0. The molecule has 1 N–H and O–H groups in total. The first-order valence-electron chi connectivity index (χ1n) is 6.53. The van der Waals surface area contributed by atoms with Gasteiger partial charge in [0.2, 0.25) is 10.0 Å². The highest BCUT2D eigenvalue weighted by atomic mass is 32.2. The number of nitrogens with one attached hydrogen (secondary N) is 1. The molecule has 124 valence electrons. The average molecular weight is 345 g/mol. The number of hydrogen-bond acceptors (Lipinski definition) is 3. The largest absolute Gasteiger partial charge is 0.496 e. The van der Waals surface area contributed by atoms with Gasteiger partial charge in [-0.1, -0.05) is 18.2 Å². The maximum Gasteiger partial charge on any atom is 0.416 e. The summed E-state index contributed by atoms with van der Waals surface area (Å²) in [6.07, 6.45) is -4.51. The number of methoxy groups -OCH3 is 1. The van der Waals surface area contributed by atoms with Crippen LogP contribution in [0.4, 0.5) is 13.2 Å². The summed E-state index contributed by atoms with van der Waals surface area (Å²) in [7, 11) is -2.46. The molecule has 0 radical (unpaired) electrons. The van der Waals surface area contributed by atoms with Crippen LogP contribution in [-0.4, -0.2) is 15.5 Å². The van der Waals surface area contributed by atoms with E-state index in [1.54, 1.807) is 24.3 Å². The standard InChI is InChI=1S/C15H14F3NO3S/c1-22-14-5-3-2-4-11(14)10-19-23(20,21)13-8-6-12(7-9-13)15(16,17)18/h2-9,19H,10H2,1H3. The lowest BCUT2D eigenvalue weighted by atomic mass is 10.2. The fourth-order valence-corrected chi connectivity index (χ4v) is 2.93. The van der Waals surface area contributed by atoms with Crippen LogP contribution in [0.15, 0.2) is 53.4 Å². The molecule has 4 nitrogen and oxygen atoms in total. The highest BCUT2D eigenvalue weighted by Crippen LogP contribution is 2.29. The molecule has 0 aliphatic carbocycles. The third-order valence-corrected chi connectivity index (χ3v) is 4.55. The third-order valence-electron chi connectivity index (χ3n) is 3.14. The molecule has 0 heterocycles. The van der Waals surface area contributed by atoms with E-state index in [-0.39, 0.29) is 11.4 Å². The first-order chi connectivity index (χ1) is 10.7. The smallest absolute Gasteiger partial charge is 0.416 e. The van der Waals surface area contributed by atoms with Crippen LogP contribution in [0.2, 0.25) is 0 Å². The van der Waals surface area contributed by atoms with Gasteiger partial charge in [0.05, 0.1) is 17.6 Å². The Balaban J connectivity index is 2.16. The van der Waals surface area contributed by atoms with Gasteiger partial charge in [-0.15, -0.1) is 0 Å². The highest BCUT2D eigenvalue weighted by Gasteiger charge is 2.30. The van der Waals surface area contributed by atoms with Gasteiger partial charge < -0.3 is 4.74 Å². The molecular weight excluding hydrogens is 331 g/mol. The van der Waals surface area contributed by atoms with E-state index in [0.717, 1.165) is 24.3 Å². The zero-order valence-corrected chi connectivity index (χ0v) is 12.9. The second kappa shape index (κ2) is 6.59. The van der Waals surface area contributed by atoms with Gasteiger partial charge in [0.1, 0.15) is 5.75 Å². The number of rotatable bonds is 5. The van der Waals surface area contributed by atoms with Crippen molar-refractivity contribution in [3.8, 4) is 5.75 Å². The summed E-state index contributed by atoms with van der Waals surface area (Å²) in [6.45, 7) is -0.0344. The van der Waals surface area contributed by atoms with Crippen LogP contribution in [0.1, 0.15) is 11.1 Å². The Morgan fingerprint density at radius 1 is 1.04 bits per heavy atom. The van der Waals surface area contributed by atoms with E-state index in [2.05, 4.69) is 4.72 Å². The molecule has 0 spiro atoms. The summed E-state index contributed by atoms with van der Waals surface area (Å²) in [6, 6.07) is 10.2. The van der Waals surface area contributed by atoms with Crippen molar-refractivity contribution in [2.24, 2.45) is 0 Å². The van der Waals surface area contributed by atoms with Gasteiger partial charge in [0.25, 0.3) is 0 Å². The number of halogens is 3. The number of sulfonamides is 1. The molecule has 8 heteroatoms. The minimum Gasteiger partial charge on any atom is -0.496 e. The van der Waals surface area contributed by atoms with Crippen LogP contribution in [-0.2, 0) is 22.7 Å². The Bertz CT molecular complexity index is 771. The van der Waals surface area contributed by atoms with E-state index < -0.39 is 21.8 Å². The molecule has 2 aromatic carbocycles. The summed E-state index contributed by atoms with van der Waals surface area (Å²) in [5.41, 5.74) is -0.285. The minimum atomic E-state index is -4.51. The first-order valence-corrected chi connectivity index (χ1v) is 8.01. The molecule has 0 amide bonds. The predicted molar refractivity (Wildman–Crippen MR) is 78.5 cm³/mol. The lowest BCUT2D eigenvalue weighted by Crippen LogP contribution is -2.23. The van der Waals surface area contributed by atoms with Crippen molar-refractivity contribution in [1.29, 1.82) is 0 Å². The van der Waals surface area contributed by atoms with Gasteiger partial charge >= 0.3 is 6.18 Å². The molecule has 0 saturated heterocycles. The van der Waals surface area contributed by atoms with Crippen LogP contribution in [0.25, 0.3) is 0 Å². The second-order valence-electron chi connectivity index (χ2n) is 4.66. The molecule has 0 unspecified atom stereocenters. The SMILES string of the molecule is COc1ccccc1CNS(=O)(=O)c1ccc(C(F)(F)F)cc1. The molecule has 0 saturated carbocycles. The Morgan fingerprint density at radius 3 is 2.22 bits per heavy atom. The Kier molecular flexibility index (Phi) is 4.96. The van der Waals surface area contributed by atoms with Crippen molar-refractivity contribution < 1.29 is 26.3 Å². The lowest BCUT2D eigenvalue weighted by Gasteiger charge is -2.11. The van der Waals surface area contributed by atoms with Crippen LogP contribution < -0.4 is 9.46 Å². The summed E-state index contributed by atoms with van der Waals surface area (Å²) >= 11 is 0. The van der Waals surface area contributed by atoms with Crippen molar-refractivity contribution in [3.63, 3.8) is 0 Å². The third kappa shape index (κ3) is 4.23. The average Bonchev–Trinajstić information content (AvgIpc) is 2.52. The normalized spacial score (nSPS) is 12.2. The molecule has 0 aromatic heterocycles. The minimum absolute atomic E-state index is 0.0344. The van der Waals surface area contributed by atoms with E-state index in [0.29, 0.717) is 11.3 Å². The molecule has 0 aliphatic heterocycles. The van der Waals surface area contributed by atoms with Gasteiger partial charge in [-0.25, -0.2) is 13.1 Å². The molecular formula is C15H14F3NO3S. The molecule has 2 aromatic rings. The summed E-state index contributed by atoms with van der Waals surface area (Å²) in [4.78, 5) is -0.236. The van der Waals surface area contributed by atoms with Gasteiger partial charge in [0, 0.05) is 12.1 Å². The van der Waals surface area contributed by atoms with Crippen LogP contribution >= 0.6 is 0 Å². The maximum atomic E-state index is 12.5. The summed E-state index contributed by atoms with van der Waals surface area (Å²) < 4.78 is 69.2. The van der Waals surface area contributed by atoms with E-state index in [1.807, 2.05) is 0 Å². The van der Waals surface area contributed by atoms with Crippen LogP contribution in [0, 0.1) is 0 Å². The number of benzene rings is 2. The Hall–Kier alpha value is -2.06. The predicted octanol–water partition coefficient (Wildman–Crippen LogP) is 3.19. The van der Waals surface area contributed by atoms with Gasteiger partial charge in [-0.2, -0.15) is 13.2 Å². The molecule has 23 heavy (non-hydrogen) atoms. The van der Waals surface area contributed by atoms with Crippen molar-refractivity contribution in [2.75, 3.05) is 7.11 Å². The van der Waals surface area contributed by atoms with E-state index in [9.17, 15) is 21.6 Å². The Labute approximate surface area is 132 Å². The lowest BCUT2D eigenvalue weighted by molar-refractivity contribution is -0.137. The van der Waals surface area contributed by atoms with Crippen LogP contribution in [0.3, 0.4) is 0 Å². The molecule has 0 aliphatic rings. The number of alkyl halides is 3. The maximum absolute atomic E-state index is 12.5. The highest BCUT2D eigenvalue weighted by molar-refractivity contribution is 7.89. The van der Waals surface area contributed by atoms with Crippen molar-refractivity contribution >= 4 is 10.0 Å². The van der Waals surface area contributed by atoms with Gasteiger partial charge in [-0.05, 0) is 30.3 Å². The van der Waals surface area contributed by atoms with E-state index in [1.165, 1.54) is 7.11 Å². The van der Waals surface area contributed by atoms with Crippen LogP contribution in [0.5, 0.6) is 5.75 Å². The monoisotopic (exact) mass is 345 g/mol. The van der Waals surface area contributed by atoms with Gasteiger partial charge in [0.15, 0.2) is 0 Å². The Morgan fingerprint density at radius 2 is 1.65 bits per heavy atom. The van der Waals surface area contributed by atoms with Crippen molar-refractivity contribution in [1.82, 2.24) is 4.72 Å². The zero-order valence-electron chi connectivity index (χ0n) is 12.1. The van der Waals surface area contributed by atoms with Crippen molar-refractivity contribution in [3.05, 3.63) is 59.7 Å². The number of hydrogen-bond donors (Lipinski definition) is 1. The first kappa shape index (κ1) is 17.3. The fourth-order valence-electron chi connectivity index (χ4n) is 1.93. The van der Waals surface area contributed by atoms with Gasteiger partial charge in [-0.3, -0.25) is 0 Å². The quantitative estimate of drug-likeness (QED) is 0.905. The fraction of sp³-hybridized carbons (Fsp3) is 0.200. The zero-order chi connectivity index (χ0) is 17.1. The van der Waals surface area contributed by atoms with Crippen molar-refractivity contribution in [2.45, 2.75) is 17.6 Å². The molecule has 2 rings (SSSR count). The molecule has 0 bridgehead atoms.